The first-order valence-electron chi connectivity index (χ1n) is 7.86. The molecule has 3 rings (SSSR count). The fourth-order valence-corrected chi connectivity index (χ4v) is 3.19. The molecule has 25 heavy (non-hydrogen) atoms. The second-order valence-electron chi connectivity index (χ2n) is 5.50. The number of hydrogen-bond donors (Lipinski definition) is 1. The number of nitrogens with zero attached hydrogens (tertiary/aromatic N) is 2. The zero-order valence-corrected chi connectivity index (χ0v) is 14.4. The molecule has 0 unspecified atom stereocenters. The van der Waals surface area contributed by atoms with Gasteiger partial charge in [0.15, 0.2) is 0 Å². The molecule has 130 valence electrons. The standard InChI is InChI=1S/C18H19N3O3S/c22-25(23,13-12-21-11-10-19-15-21)20-14-16-6-8-18(9-7-16)24-17-4-2-1-3-5-17/h1-11,15,20H,12-14H2. The predicted octanol–water partition coefficient (Wildman–Crippen LogP) is 2.80. The number of nitrogens with one attached hydrogen (secondary N) is 1. The molecule has 6 nitrogen and oxygen atoms in total. The van der Waals surface area contributed by atoms with Gasteiger partial charge in [-0.1, -0.05) is 30.3 Å². The van der Waals surface area contributed by atoms with Crippen LogP contribution in [0.1, 0.15) is 5.56 Å². The fourth-order valence-electron chi connectivity index (χ4n) is 2.21. The first-order chi connectivity index (χ1) is 12.1. The molecule has 0 radical (unpaired) electrons. The molecular formula is C18H19N3O3S. The molecule has 0 fully saturated rings. The van der Waals surface area contributed by atoms with Crippen LogP contribution in [0.2, 0.25) is 0 Å². The van der Waals surface area contributed by atoms with Crippen molar-refractivity contribution in [3.05, 3.63) is 78.9 Å². The van der Waals surface area contributed by atoms with Gasteiger partial charge in [0, 0.05) is 25.5 Å². The number of benzene rings is 2. The molecule has 0 saturated heterocycles. The second-order valence-corrected chi connectivity index (χ2v) is 7.43. The quantitative estimate of drug-likeness (QED) is 0.673. The van der Waals surface area contributed by atoms with Gasteiger partial charge in [-0.15, -0.1) is 0 Å². The average molecular weight is 357 g/mol. The molecule has 0 atom stereocenters. The van der Waals surface area contributed by atoms with Crippen molar-refractivity contribution in [2.45, 2.75) is 13.1 Å². The molecule has 0 saturated carbocycles. The average Bonchev–Trinajstić information content (AvgIpc) is 3.14. The summed E-state index contributed by atoms with van der Waals surface area (Å²) in [4.78, 5) is 3.89. The second kappa shape index (κ2) is 7.96. The molecule has 0 aliphatic heterocycles. The normalized spacial score (nSPS) is 11.4. The fraction of sp³-hybridized carbons (Fsp3) is 0.167. The maximum atomic E-state index is 12.0. The van der Waals surface area contributed by atoms with Crippen LogP contribution < -0.4 is 9.46 Å². The van der Waals surface area contributed by atoms with E-state index < -0.39 is 10.0 Å². The highest BCUT2D eigenvalue weighted by atomic mass is 32.2. The van der Waals surface area contributed by atoms with Gasteiger partial charge in [-0.2, -0.15) is 0 Å². The van der Waals surface area contributed by atoms with Crippen molar-refractivity contribution in [2.75, 3.05) is 5.75 Å². The van der Waals surface area contributed by atoms with E-state index in [1.54, 1.807) is 23.3 Å². The summed E-state index contributed by atoms with van der Waals surface area (Å²) in [7, 11) is -3.34. The number of aromatic nitrogens is 2. The van der Waals surface area contributed by atoms with E-state index in [2.05, 4.69) is 9.71 Å². The number of hydrogen-bond acceptors (Lipinski definition) is 4. The molecule has 0 spiro atoms. The lowest BCUT2D eigenvalue weighted by atomic mass is 10.2. The van der Waals surface area contributed by atoms with E-state index in [-0.39, 0.29) is 12.3 Å². The highest BCUT2D eigenvalue weighted by molar-refractivity contribution is 7.89. The lowest BCUT2D eigenvalue weighted by molar-refractivity contribution is 0.482. The largest absolute Gasteiger partial charge is 0.457 e. The van der Waals surface area contributed by atoms with Gasteiger partial charge >= 0.3 is 0 Å². The zero-order valence-electron chi connectivity index (χ0n) is 13.6. The lowest BCUT2D eigenvalue weighted by Crippen LogP contribution is -2.27. The van der Waals surface area contributed by atoms with Crippen LogP contribution in [-0.4, -0.2) is 23.7 Å². The molecule has 0 aliphatic rings. The van der Waals surface area contributed by atoms with Gasteiger partial charge in [0.05, 0.1) is 12.1 Å². The summed E-state index contributed by atoms with van der Waals surface area (Å²) in [5.41, 5.74) is 0.867. The van der Waals surface area contributed by atoms with Gasteiger partial charge in [0.2, 0.25) is 10.0 Å². The number of aryl methyl sites for hydroxylation is 1. The van der Waals surface area contributed by atoms with Crippen LogP contribution in [0.15, 0.2) is 73.3 Å². The number of para-hydroxylation sites is 1. The van der Waals surface area contributed by atoms with E-state index in [0.717, 1.165) is 11.3 Å². The lowest BCUT2D eigenvalue weighted by Gasteiger charge is -2.09. The van der Waals surface area contributed by atoms with Crippen molar-refractivity contribution in [1.82, 2.24) is 14.3 Å². The number of rotatable bonds is 8. The number of sulfonamides is 1. The van der Waals surface area contributed by atoms with Crippen LogP contribution >= 0.6 is 0 Å². The smallest absolute Gasteiger partial charge is 0.213 e. The predicted molar refractivity (Wildman–Crippen MR) is 95.8 cm³/mol. The van der Waals surface area contributed by atoms with E-state index in [0.29, 0.717) is 12.3 Å². The molecule has 0 bridgehead atoms. The Kier molecular flexibility index (Phi) is 5.47. The van der Waals surface area contributed by atoms with Gasteiger partial charge in [-0.3, -0.25) is 0 Å². The van der Waals surface area contributed by atoms with Crippen molar-refractivity contribution in [3.63, 3.8) is 0 Å². The summed E-state index contributed by atoms with van der Waals surface area (Å²) in [6, 6.07) is 16.8. The molecule has 7 heteroatoms. The Morgan fingerprint density at radius 3 is 2.40 bits per heavy atom. The van der Waals surface area contributed by atoms with E-state index in [4.69, 9.17) is 4.74 Å². The Labute approximate surface area is 147 Å². The third kappa shape index (κ3) is 5.44. The Hall–Kier alpha value is -2.64. The van der Waals surface area contributed by atoms with Crippen LogP contribution in [0, 0.1) is 0 Å². The molecule has 3 aromatic rings. The Morgan fingerprint density at radius 1 is 1.00 bits per heavy atom. The Balaban J connectivity index is 1.51. The third-order valence-corrected chi connectivity index (χ3v) is 4.88. The van der Waals surface area contributed by atoms with Gasteiger partial charge in [-0.05, 0) is 29.8 Å². The molecule has 0 amide bonds. The maximum absolute atomic E-state index is 12.0. The SMILES string of the molecule is O=S(=O)(CCn1ccnc1)NCc1ccc(Oc2ccccc2)cc1. The van der Waals surface area contributed by atoms with Crippen molar-refractivity contribution >= 4 is 10.0 Å². The summed E-state index contributed by atoms with van der Waals surface area (Å²) in [6.45, 7) is 0.622. The first kappa shape index (κ1) is 17.2. The first-order valence-corrected chi connectivity index (χ1v) is 9.51. The minimum Gasteiger partial charge on any atom is -0.457 e. The minimum absolute atomic E-state index is 0.0125. The van der Waals surface area contributed by atoms with Crippen molar-refractivity contribution in [1.29, 1.82) is 0 Å². The van der Waals surface area contributed by atoms with E-state index in [1.807, 2.05) is 54.6 Å². The highest BCUT2D eigenvalue weighted by Crippen LogP contribution is 2.21. The summed E-state index contributed by atoms with van der Waals surface area (Å²) >= 11 is 0. The number of ether oxygens (including phenoxy) is 1. The van der Waals surface area contributed by atoms with Crippen LogP contribution in [0.4, 0.5) is 0 Å². The molecule has 2 aromatic carbocycles. The summed E-state index contributed by atoms with van der Waals surface area (Å²) in [5, 5.41) is 0. The van der Waals surface area contributed by atoms with Gasteiger partial charge < -0.3 is 9.30 Å². The summed E-state index contributed by atoms with van der Waals surface area (Å²) in [6.07, 6.45) is 4.96. The van der Waals surface area contributed by atoms with Crippen LogP contribution in [-0.2, 0) is 23.1 Å². The third-order valence-electron chi connectivity index (χ3n) is 3.58. The van der Waals surface area contributed by atoms with Crippen LogP contribution in [0.5, 0.6) is 11.5 Å². The Morgan fingerprint density at radius 2 is 1.72 bits per heavy atom. The highest BCUT2D eigenvalue weighted by Gasteiger charge is 2.10. The molecule has 1 N–H and O–H groups in total. The zero-order chi connectivity index (χ0) is 17.5. The van der Waals surface area contributed by atoms with Gasteiger partial charge in [-0.25, -0.2) is 18.1 Å². The number of imidazole rings is 1. The summed E-state index contributed by atoms with van der Waals surface area (Å²) < 4.78 is 34.1. The minimum atomic E-state index is -3.34. The molecular weight excluding hydrogens is 338 g/mol. The molecule has 0 aliphatic carbocycles. The molecule has 1 heterocycles. The van der Waals surface area contributed by atoms with Crippen molar-refractivity contribution < 1.29 is 13.2 Å². The Bertz CT molecular complexity index is 877. The molecule has 1 aromatic heterocycles. The van der Waals surface area contributed by atoms with Crippen molar-refractivity contribution in [3.8, 4) is 11.5 Å². The summed E-state index contributed by atoms with van der Waals surface area (Å²) in [5.74, 6) is 1.48. The van der Waals surface area contributed by atoms with E-state index in [1.165, 1.54) is 0 Å². The monoisotopic (exact) mass is 357 g/mol. The topological polar surface area (TPSA) is 73.2 Å². The van der Waals surface area contributed by atoms with Gasteiger partial charge in [0.25, 0.3) is 0 Å². The van der Waals surface area contributed by atoms with Crippen molar-refractivity contribution in [2.24, 2.45) is 0 Å². The van der Waals surface area contributed by atoms with Crippen LogP contribution in [0.25, 0.3) is 0 Å². The van der Waals surface area contributed by atoms with E-state index >= 15 is 0 Å². The van der Waals surface area contributed by atoms with Crippen LogP contribution in [0.3, 0.4) is 0 Å². The van der Waals surface area contributed by atoms with Gasteiger partial charge in [0.1, 0.15) is 11.5 Å². The maximum Gasteiger partial charge on any atom is 0.213 e. The van der Waals surface area contributed by atoms with E-state index in [9.17, 15) is 8.42 Å².